The molecule has 0 unspecified atom stereocenters. The Morgan fingerprint density at radius 2 is 1.71 bits per heavy atom. The Morgan fingerprint density at radius 1 is 1.00 bits per heavy atom. The number of benzene rings is 2. The molecule has 0 atom stereocenters. The minimum absolute atomic E-state index is 0.293. The Hall–Kier alpha value is -2.79. The summed E-state index contributed by atoms with van der Waals surface area (Å²) in [5, 5.41) is 0.482. The molecule has 0 aromatic heterocycles. The molecule has 2 aromatic carbocycles. The first-order valence-electron chi connectivity index (χ1n) is 9.47. The summed E-state index contributed by atoms with van der Waals surface area (Å²) in [5.41, 5.74) is 2.12. The SMILES string of the molecule is CCOc1ccc(C2=C(N3CCCC3)C(=O)N(c3cccc(Cl)c3)C2=O)cc1. The number of anilines is 1. The molecule has 0 aliphatic carbocycles. The molecular formula is C22H21ClN2O3. The second-order valence-corrected chi connectivity index (χ2v) is 7.24. The van der Waals surface area contributed by atoms with Gasteiger partial charge in [-0.1, -0.05) is 29.8 Å². The summed E-state index contributed by atoms with van der Waals surface area (Å²) >= 11 is 6.10. The topological polar surface area (TPSA) is 49.9 Å². The molecule has 2 aromatic rings. The monoisotopic (exact) mass is 396 g/mol. The van der Waals surface area contributed by atoms with Crippen molar-refractivity contribution in [3.63, 3.8) is 0 Å². The van der Waals surface area contributed by atoms with Crippen LogP contribution in [0.25, 0.3) is 5.57 Å². The minimum Gasteiger partial charge on any atom is -0.494 e. The smallest absolute Gasteiger partial charge is 0.282 e. The molecule has 4 rings (SSSR count). The van der Waals surface area contributed by atoms with Crippen LogP contribution in [0.4, 0.5) is 5.69 Å². The van der Waals surface area contributed by atoms with E-state index in [0.29, 0.717) is 34.2 Å². The maximum absolute atomic E-state index is 13.4. The van der Waals surface area contributed by atoms with Gasteiger partial charge >= 0.3 is 0 Å². The molecule has 0 spiro atoms. The fourth-order valence-electron chi connectivity index (χ4n) is 3.75. The summed E-state index contributed by atoms with van der Waals surface area (Å²) in [6, 6.07) is 14.2. The maximum atomic E-state index is 13.4. The van der Waals surface area contributed by atoms with Gasteiger partial charge in [-0.2, -0.15) is 0 Å². The van der Waals surface area contributed by atoms with Crippen LogP contribution >= 0.6 is 11.6 Å². The van der Waals surface area contributed by atoms with E-state index < -0.39 is 0 Å². The van der Waals surface area contributed by atoms with Gasteiger partial charge in [0, 0.05) is 18.1 Å². The van der Waals surface area contributed by atoms with E-state index in [-0.39, 0.29) is 11.8 Å². The standard InChI is InChI=1S/C22H21ClN2O3/c1-2-28-18-10-8-15(9-11-18)19-20(24-12-3-4-13-24)22(27)25(21(19)26)17-7-5-6-16(23)14-17/h5-11,14H,2-4,12-13H2,1H3. The first-order valence-corrected chi connectivity index (χ1v) is 9.84. The molecule has 2 heterocycles. The summed E-state index contributed by atoms with van der Waals surface area (Å²) in [6.07, 6.45) is 2.03. The zero-order valence-electron chi connectivity index (χ0n) is 15.7. The van der Waals surface area contributed by atoms with Crippen molar-refractivity contribution in [2.45, 2.75) is 19.8 Å². The van der Waals surface area contributed by atoms with Gasteiger partial charge in [0.25, 0.3) is 11.8 Å². The van der Waals surface area contributed by atoms with E-state index in [0.717, 1.165) is 31.7 Å². The van der Waals surface area contributed by atoms with Crippen LogP contribution in [0.5, 0.6) is 5.75 Å². The van der Waals surface area contributed by atoms with E-state index in [1.54, 1.807) is 24.3 Å². The Labute approximate surface area is 169 Å². The highest BCUT2D eigenvalue weighted by Gasteiger charge is 2.43. The molecular weight excluding hydrogens is 376 g/mol. The molecule has 1 saturated heterocycles. The molecule has 6 heteroatoms. The van der Waals surface area contributed by atoms with Gasteiger partial charge in [-0.3, -0.25) is 9.59 Å². The van der Waals surface area contributed by atoms with Gasteiger partial charge in [0.05, 0.1) is 17.9 Å². The van der Waals surface area contributed by atoms with E-state index in [2.05, 4.69) is 0 Å². The first-order chi connectivity index (χ1) is 13.6. The normalized spacial score (nSPS) is 17.1. The van der Waals surface area contributed by atoms with Crippen LogP contribution in [0.15, 0.2) is 54.2 Å². The van der Waals surface area contributed by atoms with Gasteiger partial charge in [-0.05, 0) is 55.7 Å². The fourth-order valence-corrected chi connectivity index (χ4v) is 3.93. The highest BCUT2D eigenvalue weighted by molar-refractivity contribution is 6.45. The van der Waals surface area contributed by atoms with Crippen molar-refractivity contribution in [2.24, 2.45) is 0 Å². The second-order valence-electron chi connectivity index (χ2n) is 6.80. The zero-order valence-corrected chi connectivity index (χ0v) is 16.4. The number of hydrogen-bond acceptors (Lipinski definition) is 4. The van der Waals surface area contributed by atoms with Crippen LogP contribution in [0.3, 0.4) is 0 Å². The van der Waals surface area contributed by atoms with Gasteiger partial charge in [-0.15, -0.1) is 0 Å². The Morgan fingerprint density at radius 3 is 2.36 bits per heavy atom. The van der Waals surface area contributed by atoms with Crippen molar-refractivity contribution >= 4 is 34.7 Å². The minimum atomic E-state index is -0.321. The lowest BCUT2D eigenvalue weighted by Crippen LogP contribution is -2.34. The van der Waals surface area contributed by atoms with Crippen LogP contribution in [0.1, 0.15) is 25.3 Å². The number of rotatable bonds is 5. The van der Waals surface area contributed by atoms with Crippen molar-refractivity contribution in [3.05, 3.63) is 64.8 Å². The molecule has 144 valence electrons. The van der Waals surface area contributed by atoms with Crippen LogP contribution < -0.4 is 9.64 Å². The molecule has 0 bridgehead atoms. The van der Waals surface area contributed by atoms with Crippen molar-refractivity contribution in [3.8, 4) is 5.75 Å². The number of ether oxygens (including phenoxy) is 1. The largest absolute Gasteiger partial charge is 0.494 e. The second kappa shape index (κ2) is 7.68. The maximum Gasteiger partial charge on any atom is 0.282 e. The predicted octanol–water partition coefficient (Wildman–Crippen LogP) is 4.12. The van der Waals surface area contributed by atoms with Gasteiger partial charge in [-0.25, -0.2) is 4.90 Å². The van der Waals surface area contributed by atoms with Gasteiger partial charge < -0.3 is 9.64 Å². The van der Waals surface area contributed by atoms with Gasteiger partial charge in [0.15, 0.2) is 0 Å². The zero-order chi connectivity index (χ0) is 19.7. The molecule has 1 fully saturated rings. The van der Waals surface area contributed by atoms with Crippen molar-refractivity contribution < 1.29 is 14.3 Å². The van der Waals surface area contributed by atoms with Crippen molar-refractivity contribution in [1.82, 2.24) is 4.90 Å². The summed E-state index contributed by atoms with van der Waals surface area (Å²) in [6.45, 7) is 4.04. The van der Waals surface area contributed by atoms with Crippen molar-refractivity contribution in [2.75, 3.05) is 24.6 Å². The van der Waals surface area contributed by atoms with E-state index in [1.165, 1.54) is 4.90 Å². The lowest BCUT2D eigenvalue weighted by molar-refractivity contribution is -0.120. The average Bonchev–Trinajstić information content (AvgIpc) is 3.29. The number of imide groups is 1. The molecule has 2 aliphatic rings. The average molecular weight is 397 g/mol. The van der Waals surface area contributed by atoms with Gasteiger partial charge in [0.2, 0.25) is 0 Å². The molecule has 0 N–H and O–H groups in total. The summed E-state index contributed by atoms with van der Waals surface area (Å²) in [4.78, 5) is 29.9. The lowest BCUT2D eigenvalue weighted by atomic mass is 10.0. The van der Waals surface area contributed by atoms with E-state index in [4.69, 9.17) is 16.3 Å². The fraction of sp³-hybridized carbons (Fsp3) is 0.273. The van der Waals surface area contributed by atoms with Crippen LogP contribution in [-0.2, 0) is 9.59 Å². The number of halogens is 1. The summed E-state index contributed by atoms with van der Waals surface area (Å²) in [7, 11) is 0. The highest BCUT2D eigenvalue weighted by Crippen LogP contribution is 2.37. The Kier molecular flexibility index (Phi) is 5.09. The molecule has 5 nitrogen and oxygen atoms in total. The van der Waals surface area contributed by atoms with Crippen LogP contribution in [0, 0.1) is 0 Å². The van der Waals surface area contributed by atoms with Crippen molar-refractivity contribution in [1.29, 1.82) is 0 Å². The van der Waals surface area contributed by atoms with Gasteiger partial charge in [0.1, 0.15) is 11.4 Å². The third-order valence-electron chi connectivity index (χ3n) is 5.00. The van der Waals surface area contributed by atoms with E-state index in [1.807, 2.05) is 36.1 Å². The van der Waals surface area contributed by atoms with E-state index >= 15 is 0 Å². The first kappa shape index (κ1) is 18.6. The van der Waals surface area contributed by atoms with E-state index in [9.17, 15) is 9.59 Å². The molecule has 2 amide bonds. The quantitative estimate of drug-likeness (QED) is 0.713. The third-order valence-corrected chi connectivity index (χ3v) is 5.24. The number of likely N-dealkylation sites (tertiary alicyclic amines) is 1. The number of nitrogens with zero attached hydrogens (tertiary/aromatic N) is 2. The predicted molar refractivity (Wildman–Crippen MR) is 109 cm³/mol. The third kappa shape index (κ3) is 3.27. The number of carbonyl (C=O) groups excluding carboxylic acids is 2. The molecule has 2 aliphatic heterocycles. The summed E-state index contributed by atoms with van der Waals surface area (Å²) < 4.78 is 5.50. The number of hydrogen-bond donors (Lipinski definition) is 0. The van der Waals surface area contributed by atoms with Crippen LogP contribution in [-0.4, -0.2) is 36.4 Å². The van der Waals surface area contributed by atoms with Crippen LogP contribution in [0.2, 0.25) is 5.02 Å². The lowest BCUT2D eigenvalue weighted by Gasteiger charge is -2.20. The highest BCUT2D eigenvalue weighted by atomic mass is 35.5. The number of amides is 2. The Bertz CT molecular complexity index is 947. The number of carbonyl (C=O) groups is 2. The summed E-state index contributed by atoms with van der Waals surface area (Å²) in [5.74, 6) is 0.120. The Balaban J connectivity index is 1.79. The molecule has 28 heavy (non-hydrogen) atoms. The molecule has 0 saturated carbocycles. The molecule has 0 radical (unpaired) electrons.